The number of allylic oxidation sites excluding steroid dienone is 1. The molecule has 9 N–H and O–H groups in total. The SMILES string of the molecule is C[n+]1ccc(-c2ccc(N=C(N)N=C(N)N)cc2C#CC2=CN[C@H](S(=O)(=O)O)[C@H](S(=O)(=O)O)C2)cc1. The van der Waals surface area contributed by atoms with Gasteiger partial charge in [-0.25, -0.2) is 9.56 Å². The van der Waals surface area contributed by atoms with Crippen LogP contribution in [0, 0.1) is 11.8 Å². The summed E-state index contributed by atoms with van der Waals surface area (Å²) >= 11 is 0. The summed E-state index contributed by atoms with van der Waals surface area (Å²) < 4.78 is 67.3. The number of nitrogens with one attached hydrogen (secondary N) is 1. The highest BCUT2D eigenvalue weighted by atomic mass is 32.2. The molecule has 1 aromatic heterocycles. The van der Waals surface area contributed by atoms with Crippen LogP contribution in [-0.2, 0) is 27.3 Å². The molecule has 2 atom stereocenters. The average molecular weight is 535 g/mol. The molecule has 1 aliphatic heterocycles. The van der Waals surface area contributed by atoms with Crippen LogP contribution in [0.2, 0.25) is 0 Å². The molecule has 1 aromatic carbocycles. The van der Waals surface area contributed by atoms with Gasteiger partial charge < -0.3 is 22.5 Å². The lowest BCUT2D eigenvalue weighted by atomic mass is 9.99. The van der Waals surface area contributed by atoms with Crippen molar-refractivity contribution in [3.63, 3.8) is 0 Å². The van der Waals surface area contributed by atoms with Crippen molar-refractivity contribution in [2.45, 2.75) is 17.0 Å². The van der Waals surface area contributed by atoms with Crippen LogP contribution in [0.1, 0.15) is 12.0 Å². The Morgan fingerprint density at radius 1 is 1.06 bits per heavy atom. The summed E-state index contributed by atoms with van der Waals surface area (Å²) in [6, 6.07) is 8.77. The maximum atomic E-state index is 11.8. The van der Waals surface area contributed by atoms with Crippen molar-refractivity contribution in [1.29, 1.82) is 0 Å². The first kappa shape index (κ1) is 26.6. The Morgan fingerprint density at radius 3 is 2.31 bits per heavy atom. The summed E-state index contributed by atoms with van der Waals surface area (Å²) in [4.78, 5) is 7.79. The molecule has 36 heavy (non-hydrogen) atoms. The lowest BCUT2D eigenvalue weighted by Gasteiger charge is -2.26. The number of aryl methyl sites for hydroxylation is 1. The summed E-state index contributed by atoms with van der Waals surface area (Å²) in [6.45, 7) is 0. The molecule has 0 bridgehead atoms. The first-order valence-corrected chi connectivity index (χ1v) is 13.2. The summed E-state index contributed by atoms with van der Waals surface area (Å²) in [7, 11) is -7.79. The van der Waals surface area contributed by atoms with E-state index in [1.807, 2.05) is 36.1 Å². The van der Waals surface area contributed by atoms with Gasteiger partial charge in [-0.1, -0.05) is 17.9 Å². The molecular weight excluding hydrogens is 510 g/mol. The molecule has 0 amide bonds. The fourth-order valence-electron chi connectivity index (χ4n) is 3.37. The van der Waals surface area contributed by atoms with E-state index in [4.69, 9.17) is 17.2 Å². The normalized spacial score (nSPS) is 18.3. The molecule has 190 valence electrons. The van der Waals surface area contributed by atoms with Crippen molar-refractivity contribution < 1.29 is 30.5 Å². The molecule has 0 aliphatic carbocycles. The molecule has 0 unspecified atom stereocenters. The van der Waals surface area contributed by atoms with Gasteiger partial charge in [0, 0.05) is 35.9 Å². The standard InChI is InChI=1S/C21H23N7O6S2/c1-28-8-6-14(7-9-28)17-5-4-16(26-21(24)27-20(22)23)11-15(17)3-2-13-10-18(35(29,30)31)19(25-12-13)36(32,33)34/h4-9,11-12,18-19H,10H2,1H3,(H8,22,23,24,25,26,27,29,30,31,32,33,34)/p+1/t18-,19-/m1/s1. The minimum atomic E-state index is -4.84. The molecule has 0 fully saturated rings. The first-order valence-electron chi connectivity index (χ1n) is 10.2. The zero-order chi connectivity index (χ0) is 26.7. The zero-order valence-electron chi connectivity index (χ0n) is 18.9. The Kier molecular flexibility index (Phi) is 7.65. The van der Waals surface area contributed by atoms with Gasteiger partial charge in [0.1, 0.15) is 12.3 Å². The van der Waals surface area contributed by atoms with Crippen LogP contribution in [0.15, 0.2) is 64.5 Å². The second kappa shape index (κ2) is 10.3. The van der Waals surface area contributed by atoms with Crippen molar-refractivity contribution in [3.05, 3.63) is 60.1 Å². The number of hydrogen-bond donors (Lipinski definition) is 6. The predicted octanol–water partition coefficient (Wildman–Crippen LogP) is -0.903. The Balaban J connectivity index is 2.08. The Hall–Kier alpha value is -3.97. The third kappa shape index (κ3) is 6.79. The number of nitrogens with two attached hydrogens (primary N) is 3. The lowest BCUT2D eigenvalue weighted by Crippen LogP contribution is -2.49. The monoisotopic (exact) mass is 534 g/mol. The van der Waals surface area contributed by atoms with E-state index in [2.05, 4.69) is 27.1 Å². The fraction of sp³-hybridized carbons (Fsp3) is 0.190. The summed E-state index contributed by atoms with van der Waals surface area (Å²) in [5.41, 5.74) is 18.9. The molecule has 2 aromatic rings. The van der Waals surface area contributed by atoms with E-state index in [9.17, 15) is 25.9 Å². The number of hydrogen-bond acceptors (Lipinski definition) is 6. The van der Waals surface area contributed by atoms with E-state index in [-0.39, 0.29) is 17.5 Å². The van der Waals surface area contributed by atoms with E-state index in [1.165, 1.54) is 6.20 Å². The quantitative estimate of drug-likeness (QED) is 0.0930. The molecule has 0 radical (unpaired) electrons. The van der Waals surface area contributed by atoms with Crippen LogP contribution < -0.4 is 27.1 Å². The van der Waals surface area contributed by atoms with Gasteiger partial charge in [-0.2, -0.15) is 21.8 Å². The highest BCUT2D eigenvalue weighted by Gasteiger charge is 2.42. The minimum absolute atomic E-state index is 0.178. The van der Waals surface area contributed by atoms with Gasteiger partial charge in [0.05, 0.1) is 5.69 Å². The zero-order valence-corrected chi connectivity index (χ0v) is 20.5. The number of aliphatic imine (C=N–C) groups is 2. The molecule has 13 nitrogen and oxygen atoms in total. The molecule has 1 aliphatic rings. The largest absolute Gasteiger partial charge is 0.371 e. The summed E-state index contributed by atoms with van der Waals surface area (Å²) in [5.74, 6) is 5.27. The van der Waals surface area contributed by atoms with Crippen LogP contribution in [0.3, 0.4) is 0 Å². The van der Waals surface area contributed by atoms with E-state index in [0.717, 1.165) is 5.56 Å². The maximum Gasteiger partial charge on any atom is 0.287 e. The van der Waals surface area contributed by atoms with Crippen molar-refractivity contribution in [1.82, 2.24) is 5.32 Å². The highest BCUT2D eigenvalue weighted by molar-refractivity contribution is 7.90. The van der Waals surface area contributed by atoms with Gasteiger partial charge in [-0.05, 0) is 23.3 Å². The number of benzene rings is 1. The number of aromatic nitrogens is 1. The first-order chi connectivity index (χ1) is 16.7. The third-order valence-corrected chi connectivity index (χ3v) is 7.50. The molecule has 0 spiro atoms. The average Bonchev–Trinajstić information content (AvgIpc) is 2.76. The van der Waals surface area contributed by atoms with Gasteiger partial charge in [-0.3, -0.25) is 9.11 Å². The third-order valence-electron chi connectivity index (χ3n) is 5.02. The van der Waals surface area contributed by atoms with E-state index < -0.39 is 37.3 Å². The van der Waals surface area contributed by atoms with Gasteiger partial charge in [0.15, 0.2) is 23.7 Å². The predicted molar refractivity (Wildman–Crippen MR) is 134 cm³/mol. The van der Waals surface area contributed by atoms with Crippen molar-refractivity contribution >= 4 is 37.8 Å². The van der Waals surface area contributed by atoms with E-state index in [1.54, 1.807) is 18.2 Å². The molecule has 3 rings (SSSR count). The Morgan fingerprint density at radius 2 is 1.72 bits per heavy atom. The number of guanidine groups is 2. The molecule has 0 saturated heterocycles. The van der Waals surface area contributed by atoms with Crippen LogP contribution in [0.5, 0.6) is 0 Å². The van der Waals surface area contributed by atoms with Crippen LogP contribution in [-0.4, -0.2) is 48.5 Å². The highest BCUT2D eigenvalue weighted by Crippen LogP contribution is 2.28. The van der Waals surface area contributed by atoms with Gasteiger partial charge >= 0.3 is 0 Å². The molecular formula is C21H24N7O6S2+. The minimum Gasteiger partial charge on any atom is -0.371 e. The number of nitrogens with zero attached hydrogens (tertiary/aromatic N) is 3. The van der Waals surface area contributed by atoms with Crippen LogP contribution in [0.25, 0.3) is 11.1 Å². The molecule has 2 heterocycles. The summed E-state index contributed by atoms with van der Waals surface area (Å²) in [5, 5.41) is -1.50. The van der Waals surface area contributed by atoms with Gasteiger partial charge in [0.2, 0.25) is 5.96 Å². The van der Waals surface area contributed by atoms with Crippen molar-refractivity contribution in [2.75, 3.05) is 0 Å². The second-order valence-electron chi connectivity index (χ2n) is 7.77. The number of rotatable bonds is 4. The van der Waals surface area contributed by atoms with E-state index in [0.29, 0.717) is 16.8 Å². The smallest absolute Gasteiger partial charge is 0.287 e. The second-order valence-corrected chi connectivity index (χ2v) is 10.9. The Bertz CT molecular complexity index is 1530. The van der Waals surface area contributed by atoms with Crippen LogP contribution >= 0.6 is 0 Å². The fourth-order valence-corrected chi connectivity index (χ4v) is 5.72. The van der Waals surface area contributed by atoms with Crippen molar-refractivity contribution in [2.24, 2.45) is 34.2 Å². The Labute approximate surface area is 207 Å². The maximum absolute atomic E-state index is 11.8. The van der Waals surface area contributed by atoms with Gasteiger partial charge in [-0.15, -0.1) is 0 Å². The van der Waals surface area contributed by atoms with E-state index >= 15 is 0 Å². The summed E-state index contributed by atoms with van der Waals surface area (Å²) in [6.07, 6.45) is 4.41. The van der Waals surface area contributed by atoms with Crippen molar-refractivity contribution in [3.8, 4) is 23.0 Å². The van der Waals surface area contributed by atoms with Gasteiger partial charge in [0.25, 0.3) is 20.2 Å². The van der Waals surface area contributed by atoms with Crippen LogP contribution in [0.4, 0.5) is 5.69 Å². The molecule has 15 heteroatoms. The topological polar surface area (TPSA) is 227 Å². The lowest BCUT2D eigenvalue weighted by molar-refractivity contribution is -0.671. The number of pyridine rings is 1. The molecule has 0 saturated carbocycles.